The van der Waals surface area contributed by atoms with Gasteiger partial charge in [-0.2, -0.15) is 0 Å². The van der Waals surface area contributed by atoms with Gasteiger partial charge in [0.25, 0.3) is 0 Å². The first-order valence-corrected chi connectivity index (χ1v) is 6.08. The van der Waals surface area contributed by atoms with Crippen molar-refractivity contribution in [3.63, 3.8) is 0 Å². The van der Waals surface area contributed by atoms with Crippen LogP contribution < -0.4 is 5.32 Å². The van der Waals surface area contributed by atoms with Crippen LogP contribution in [0.15, 0.2) is 24.3 Å². The third kappa shape index (κ3) is 2.73. The molecule has 0 radical (unpaired) electrons. The largest absolute Gasteiger partial charge is 0.354 e. The topological polar surface area (TPSA) is 32.3 Å². The predicted octanol–water partition coefficient (Wildman–Crippen LogP) is 1.33. The number of amides is 1. The highest BCUT2D eigenvalue weighted by molar-refractivity contribution is 5.80. The average Bonchev–Trinajstić information content (AvgIpc) is 2.73. The Bertz CT molecular complexity index is 309. The molecule has 1 fully saturated rings. The number of carbonyl (C=O) groups is 1. The fourth-order valence-electron chi connectivity index (χ4n) is 2.36. The van der Waals surface area contributed by atoms with Crippen molar-refractivity contribution in [1.29, 1.82) is 0 Å². The molecule has 0 bridgehead atoms. The molecule has 1 unspecified atom stereocenters. The van der Waals surface area contributed by atoms with Gasteiger partial charge in [0.1, 0.15) is 0 Å². The smallest absolute Gasteiger partial charge is 0.227 e. The molecule has 1 amide bonds. The molecule has 1 heterocycles. The molecule has 2 rings (SSSR count). The Hall–Kier alpha value is -1.09. The Morgan fingerprint density at radius 3 is 3.00 bits per heavy atom. The molecule has 0 saturated carbocycles. The number of hydrogen-bond donors (Lipinski definition) is 1. The summed E-state index contributed by atoms with van der Waals surface area (Å²) in [5.41, 5.74) is 0. The van der Waals surface area contributed by atoms with Crippen LogP contribution in [0.5, 0.6) is 0 Å². The molecule has 1 N–H and O–H groups in total. The summed E-state index contributed by atoms with van der Waals surface area (Å²) in [5, 5.41) is 3.06. The second-order valence-corrected chi connectivity index (χ2v) is 4.68. The van der Waals surface area contributed by atoms with Crippen LogP contribution in [-0.4, -0.2) is 37.0 Å². The van der Waals surface area contributed by atoms with E-state index < -0.39 is 0 Å². The molecule has 16 heavy (non-hydrogen) atoms. The van der Waals surface area contributed by atoms with Gasteiger partial charge in [-0.15, -0.1) is 0 Å². The van der Waals surface area contributed by atoms with E-state index in [1.807, 2.05) is 24.3 Å². The Labute approximate surface area is 97.2 Å². The third-order valence-electron chi connectivity index (χ3n) is 3.50. The molecule has 0 aromatic carbocycles. The highest BCUT2D eigenvalue weighted by atomic mass is 16.1. The summed E-state index contributed by atoms with van der Waals surface area (Å²) in [4.78, 5) is 14.2. The van der Waals surface area contributed by atoms with Crippen LogP contribution in [-0.2, 0) is 4.79 Å². The SMILES string of the molecule is CN1CCC[C@H]1CNC(=O)C1C=CC=CC1. The lowest BCUT2D eigenvalue weighted by molar-refractivity contribution is -0.123. The van der Waals surface area contributed by atoms with Gasteiger partial charge in [-0.3, -0.25) is 4.79 Å². The monoisotopic (exact) mass is 220 g/mol. The summed E-state index contributed by atoms with van der Waals surface area (Å²) in [6.07, 6.45) is 11.3. The summed E-state index contributed by atoms with van der Waals surface area (Å²) in [6, 6.07) is 0.534. The Balaban J connectivity index is 1.75. The quantitative estimate of drug-likeness (QED) is 0.778. The van der Waals surface area contributed by atoms with Crippen molar-refractivity contribution >= 4 is 5.91 Å². The van der Waals surface area contributed by atoms with E-state index >= 15 is 0 Å². The molecule has 0 aromatic rings. The molecule has 0 spiro atoms. The van der Waals surface area contributed by atoms with Crippen LogP contribution in [0, 0.1) is 5.92 Å². The number of likely N-dealkylation sites (N-methyl/N-ethyl adjacent to an activating group) is 1. The molecular formula is C13H20N2O. The lowest BCUT2D eigenvalue weighted by Crippen LogP contribution is -2.40. The molecule has 3 heteroatoms. The number of carbonyl (C=O) groups excluding carboxylic acids is 1. The van der Waals surface area contributed by atoms with Crippen LogP contribution in [0.3, 0.4) is 0 Å². The summed E-state index contributed by atoms with van der Waals surface area (Å²) in [5.74, 6) is 0.206. The van der Waals surface area contributed by atoms with Crippen molar-refractivity contribution < 1.29 is 4.79 Å². The minimum Gasteiger partial charge on any atom is -0.354 e. The van der Waals surface area contributed by atoms with E-state index in [9.17, 15) is 4.79 Å². The van der Waals surface area contributed by atoms with E-state index in [1.54, 1.807) is 0 Å². The van der Waals surface area contributed by atoms with Crippen LogP contribution in [0.4, 0.5) is 0 Å². The van der Waals surface area contributed by atoms with E-state index in [0.717, 1.165) is 19.5 Å². The first-order valence-electron chi connectivity index (χ1n) is 6.08. The lowest BCUT2D eigenvalue weighted by atomic mass is 10.00. The molecule has 0 aromatic heterocycles. The predicted molar refractivity (Wildman–Crippen MR) is 65.0 cm³/mol. The average molecular weight is 220 g/mol. The molecule has 88 valence electrons. The summed E-state index contributed by atoms with van der Waals surface area (Å²) in [6.45, 7) is 1.95. The summed E-state index contributed by atoms with van der Waals surface area (Å²) >= 11 is 0. The first-order chi connectivity index (χ1) is 7.77. The van der Waals surface area contributed by atoms with Crippen molar-refractivity contribution in [3.8, 4) is 0 Å². The van der Waals surface area contributed by atoms with Gasteiger partial charge in [0.05, 0.1) is 5.92 Å². The fraction of sp³-hybridized carbons (Fsp3) is 0.615. The van der Waals surface area contributed by atoms with Gasteiger partial charge in [-0.1, -0.05) is 24.3 Å². The van der Waals surface area contributed by atoms with Crippen molar-refractivity contribution in [1.82, 2.24) is 10.2 Å². The van der Waals surface area contributed by atoms with Crippen LogP contribution in [0.1, 0.15) is 19.3 Å². The van der Waals surface area contributed by atoms with Crippen LogP contribution in [0.2, 0.25) is 0 Å². The molecule has 2 atom stereocenters. The van der Waals surface area contributed by atoms with Gasteiger partial charge in [-0.25, -0.2) is 0 Å². The van der Waals surface area contributed by atoms with Gasteiger partial charge in [0.2, 0.25) is 5.91 Å². The number of likely N-dealkylation sites (tertiary alicyclic amines) is 1. The standard InChI is InChI=1S/C13H20N2O/c1-15-9-5-8-12(15)10-14-13(16)11-6-3-2-4-7-11/h2-4,6,11-12H,5,7-10H2,1H3,(H,14,16)/t11?,12-/m0/s1. The summed E-state index contributed by atoms with van der Waals surface area (Å²) in [7, 11) is 2.13. The van der Waals surface area contributed by atoms with Crippen molar-refractivity contribution in [2.24, 2.45) is 5.92 Å². The normalized spacial score (nSPS) is 29.6. The highest BCUT2D eigenvalue weighted by Gasteiger charge is 2.22. The van der Waals surface area contributed by atoms with E-state index in [4.69, 9.17) is 0 Å². The Morgan fingerprint density at radius 2 is 2.38 bits per heavy atom. The van der Waals surface area contributed by atoms with Gasteiger partial charge in [-0.05, 0) is 32.9 Å². The Kier molecular flexibility index (Phi) is 3.78. The number of hydrogen-bond acceptors (Lipinski definition) is 2. The lowest BCUT2D eigenvalue weighted by Gasteiger charge is -2.21. The fourth-order valence-corrected chi connectivity index (χ4v) is 2.36. The van der Waals surface area contributed by atoms with E-state index in [1.165, 1.54) is 12.8 Å². The maximum Gasteiger partial charge on any atom is 0.227 e. The van der Waals surface area contributed by atoms with Crippen molar-refractivity contribution in [2.75, 3.05) is 20.1 Å². The third-order valence-corrected chi connectivity index (χ3v) is 3.50. The number of nitrogens with one attached hydrogen (secondary N) is 1. The molecule has 1 saturated heterocycles. The second kappa shape index (κ2) is 5.30. The minimum atomic E-state index is 0.0386. The van der Waals surface area contributed by atoms with Gasteiger partial charge in [0.15, 0.2) is 0 Å². The molecule has 1 aliphatic carbocycles. The van der Waals surface area contributed by atoms with Crippen molar-refractivity contribution in [3.05, 3.63) is 24.3 Å². The molecular weight excluding hydrogens is 200 g/mol. The van der Waals surface area contributed by atoms with E-state index in [0.29, 0.717) is 6.04 Å². The second-order valence-electron chi connectivity index (χ2n) is 4.68. The van der Waals surface area contributed by atoms with E-state index in [-0.39, 0.29) is 11.8 Å². The highest BCUT2D eigenvalue weighted by Crippen LogP contribution is 2.15. The number of rotatable bonds is 3. The summed E-state index contributed by atoms with van der Waals surface area (Å²) < 4.78 is 0. The van der Waals surface area contributed by atoms with Crippen LogP contribution in [0.25, 0.3) is 0 Å². The van der Waals surface area contributed by atoms with Gasteiger partial charge < -0.3 is 10.2 Å². The molecule has 2 aliphatic rings. The maximum absolute atomic E-state index is 11.8. The van der Waals surface area contributed by atoms with Gasteiger partial charge >= 0.3 is 0 Å². The van der Waals surface area contributed by atoms with Gasteiger partial charge in [0, 0.05) is 12.6 Å². The first kappa shape index (κ1) is 11.4. The molecule has 3 nitrogen and oxygen atoms in total. The number of allylic oxidation sites excluding steroid dienone is 3. The van der Waals surface area contributed by atoms with Crippen LogP contribution >= 0.6 is 0 Å². The van der Waals surface area contributed by atoms with Crippen molar-refractivity contribution in [2.45, 2.75) is 25.3 Å². The minimum absolute atomic E-state index is 0.0386. The zero-order valence-corrected chi connectivity index (χ0v) is 9.86. The maximum atomic E-state index is 11.8. The zero-order chi connectivity index (χ0) is 11.4. The van der Waals surface area contributed by atoms with E-state index in [2.05, 4.69) is 17.3 Å². The molecule has 1 aliphatic heterocycles. The zero-order valence-electron chi connectivity index (χ0n) is 9.86. The Morgan fingerprint density at radius 1 is 1.50 bits per heavy atom. The number of nitrogens with zero attached hydrogens (tertiary/aromatic N) is 1.